The highest BCUT2D eigenvalue weighted by Gasteiger charge is 2.39. The van der Waals surface area contributed by atoms with Gasteiger partial charge in [-0.1, -0.05) is 18.2 Å². The lowest BCUT2D eigenvalue weighted by molar-refractivity contribution is -0.357. The van der Waals surface area contributed by atoms with Crippen LogP contribution in [0.5, 0.6) is 0 Å². The summed E-state index contributed by atoms with van der Waals surface area (Å²) in [6.45, 7) is 0. The Morgan fingerprint density at radius 1 is 1.33 bits per heavy atom. The molecule has 1 unspecified atom stereocenters. The highest BCUT2D eigenvalue weighted by Crippen LogP contribution is 2.26. The van der Waals surface area contributed by atoms with E-state index in [4.69, 9.17) is 5.73 Å². The molecule has 0 aromatic carbocycles. The first-order valence-electron chi connectivity index (χ1n) is 3.31. The van der Waals surface area contributed by atoms with E-state index in [1.165, 1.54) is 18.2 Å². The Labute approximate surface area is 67.5 Å². The van der Waals surface area contributed by atoms with Gasteiger partial charge in [0.2, 0.25) is 0 Å². The standard InChI is InChI=1S/C7H8F3NO/c8-7(9,10)12-6(11)4-2-1-3-5-6/h1-4H,5,11H2. The molecule has 1 aliphatic carbocycles. The Hall–Kier alpha value is -0.810. The van der Waals surface area contributed by atoms with Gasteiger partial charge in [0.25, 0.3) is 0 Å². The van der Waals surface area contributed by atoms with Gasteiger partial charge in [0.05, 0.1) is 0 Å². The molecule has 0 radical (unpaired) electrons. The van der Waals surface area contributed by atoms with Crippen LogP contribution in [-0.4, -0.2) is 12.1 Å². The minimum atomic E-state index is -4.69. The summed E-state index contributed by atoms with van der Waals surface area (Å²) >= 11 is 0. The van der Waals surface area contributed by atoms with Crippen LogP contribution in [0.1, 0.15) is 6.42 Å². The highest BCUT2D eigenvalue weighted by atomic mass is 19.4. The molecule has 0 fully saturated rings. The molecule has 0 aliphatic heterocycles. The molecule has 0 aromatic rings. The third kappa shape index (κ3) is 2.67. The van der Waals surface area contributed by atoms with Gasteiger partial charge in [-0.05, 0) is 6.08 Å². The molecule has 5 heteroatoms. The monoisotopic (exact) mass is 179 g/mol. The molecule has 2 nitrogen and oxygen atoms in total. The van der Waals surface area contributed by atoms with Crippen molar-refractivity contribution in [1.29, 1.82) is 0 Å². The maximum absolute atomic E-state index is 11.7. The van der Waals surface area contributed by atoms with Gasteiger partial charge >= 0.3 is 6.36 Å². The quantitative estimate of drug-likeness (QED) is 0.621. The second-order valence-corrected chi connectivity index (χ2v) is 2.49. The van der Waals surface area contributed by atoms with Crippen molar-refractivity contribution in [3.8, 4) is 0 Å². The molecular formula is C7H8F3NO. The third-order valence-corrected chi connectivity index (χ3v) is 1.37. The fraction of sp³-hybridized carbons (Fsp3) is 0.429. The zero-order chi connectivity index (χ0) is 9.24. The van der Waals surface area contributed by atoms with E-state index in [-0.39, 0.29) is 6.42 Å². The van der Waals surface area contributed by atoms with Gasteiger partial charge in [-0.15, -0.1) is 13.2 Å². The van der Waals surface area contributed by atoms with E-state index in [0.29, 0.717) is 0 Å². The first-order chi connectivity index (χ1) is 5.41. The van der Waals surface area contributed by atoms with E-state index >= 15 is 0 Å². The molecule has 0 aromatic heterocycles. The first-order valence-corrected chi connectivity index (χ1v) is 3.31. The fourth-order valence-electron chi connectivity index (χ4n) is 0.908. The van der Waals surface area contributed by atoms with Crippen molar-refractivity contribution in [3.63, 3.8) is 0 Å². The smallest absolute Gasteiger partial charge is 0.300 e. The minimum Gasteiger partial charge on any atom is -0.300 e. The molecule has 0 amide bonds. The number of nitrogens with two attached hydrogens (primary N) is 1. The lowest BCUT2D eigenvalue weighted by Crippen LogP contribution is -2.45. The topological polar surface area (TPSA) is 35.2 Å². The Kier molecular flexibility index (Phi) is 2.25. The predicted molar refractivity (Wildman–Crippen MR) is 37.0 cm³/mol. The summed E-state index contributed by atoms with van der Waals surface area (Å²) in [7, 11) is 0. The van der Waals surface area contributed by atoms with Gasteiger partial charge < -0.3 is 0 Å². The zero-order valence-electron chi connectivity index (χ0n) is 6.14. The minimum absolute atomic E-state index is 0.0308. The predicted octanol–water partition coefficient (Wildman–Crippen LogP) is 1.69. The van der Waals surface area contributed by atoms with Gasteiger partial charge in [-0.3, -0.25) is 10.5 Å². The average Bonchev–Trinajstić information content (AvgIpc) is 1.83. The van der Waals surface area contributed by atoms with Crippen molar-refractivity contribution in [2.45, 2.75) is 18.5 Å². The lowest BCUT2D eigenvalue weighted by atomic mass is 10.1. The Bertz CT molecular complexity index is 221. The second-order valence-electron chi connectivity index (χ2n) is 2.49. The van der Waals surface area contributed by atoms with Crippen molar-refractivity contribution in [2.75, 3.05) is 0 Å². The third-order valence-electron chi connectivity index (χ3n) is 1.37. The summed E-state index contributed by atoms with van der Waals surface area (Å²) in [5.74, 6) is 0. The summed E-state index contributed by atoms with van der Waals surface area (Å²) in [4.78, 5) is 0. The summed E-state index contributed by atoms with van der Waals surface area (Å²) in [6.07, 6.45) is 1.08. The van der Waals surface area contributed by atoms with Crippen molar-refractivity contribution in [3.05, 3.63) is 24.3 Å². The fourth-order valence-corrected chi connectivity index (χ4v) is 0.908. The molecule has 12 heavy (non-hydrogen) atoms. The van der Waals surface area contributed by atoms with Gasteiger partial charge in [0.15, 0.2) is 0 Å². The van der Waals surface area contributed by atoms with E-state index in [1.54, 1.807) is 6.08 Å². The second kappa shape index (κ2) is 2.91. The van der Waals surface area contributed by atoms with Crippen molar-refractivity contribution >= 4 is 0 Å². The van der Waals surface area contributed by atoms with Crippen LogP contribution < -0.4 is 5.73 Å². The molecular weight excluding hydrogens is 171 g/mol. The van der Waals surface area contributed by atoms with Crippen molar-refractivity contribution in [2.24, 2.45) is 5.73 Å². The molecule has 2 N–H and O–H groups in total. The van der Waals surface area contributed by atoms with Crippen LogP contribution in [0.3, 0.4) is 0 Å². The van der Waals surface area contributed by atoms with Crippen LogP contribution in [0, 0.1) is 0 Å². The molecule has 68 valence electrons. The average molecular weight is 179 g/mol. The number of alkyl halides is 3. The van der Waals surface area contributed by atoms with Crippen LogP contribution in [0.15, 0.2) is 24.3 Å². The van der Waals surface area contributed by atoms with E-state index in [0.717, 1.165) is 0 Å². The van der Waals surface area contributed by atoms with E-state index < -0.39 is 12.1 Å². The Balaban J connectivity index is 2.62. The summed E-state index contributed by atoms with van der Waals surface area (Å²) < 4.78 is 38.9. The largest absolute Gasteiger partial charge is 0.524 e. The van der Waals surface area contributed by atoms with Crippen LogP contribution in [0.4, 0.5) is 13.2 Å². The summed E-state index contributed by atoms with van der Waals surface area (Å²) in [6, 6.07) is 0. The lowest BCUT2D eigenvalue weighted by Gasteiger charge is -2.27. The van der Waals surface area contributed by atoms with E-state index in [9.17, 15) is 13.2 Å². The van der Waals surface area contributed by atoms with Crippen LogP contribution in [0.25, 0.3) is 0 Å². The summed E-state index contributed by atoms with van der Waals surface area (Å²) in [5, 5.41) is 0. The molecule has 0 heterocycles. The van der Waals surface area contributed by atoms with E-state index in [2.05, 4.69) is 4.74 Å². The maximum Gasteiger partial charge on any atom is 0.524 e. The summed E-state index contributed by atoms with van der Waals surface area (Å²) in [5.41, 5.74) is 3.54. The number of hydrogen-bond donors (Lipinski definition) is 1. The number of halogens is 3. The maximum atomic E-state index is 11.7. The normalized spacial score (nSPS) is 29.3. The highest BCUT2D eigenvalue weighted by molar-refractivity contribution is 5.16. The molecule has 0 spiro atoms. The van der Waals surface area contributed by atoms with Crippen LogP contribution in [-0.2, 0) is 4.74 Å². The number of allylic oxidation sites excluding steroid dienone is 2. The van der Waals surface area contributed by atoms with E-state index in [1.807, 2.05) is 0 Å². The molecule has 1 rings (SSSR count). The number of ether oxygens (including phenoxy) is 1. The Morgan fingerprint density at radius 3 is 2.42 bits per heavy atom. The molecule has 1 atom stereocenters. The van der Waals surface area contributed by atoms with Gasteiger partial charge in [-0.25, -0.2) is 0 Å². The van der Waals surface area contributed by atoms with Gasteiger partial charge in [-0.2, -0.15) is 0 Å². The van der Waals surface area contributed by atoms with Gasteiger partial charge in [0, 0.05) is 6.42 Å². The van der Waals surface area contributed by atoms with Crippen molar-refractivity contribution in [1.82, 2.24) is 0 Å². The zero-order valence-corrected chi connectivity index (χ0v) is 6.14. The van der Waals surface area contributed by atoms with Crippen LogP contribution in [0.2, 0.25) is 0 Å². The Morgan fingerprint density at radius 2 is 2.00 bits per heavy atom. The molecule has 0 bridgehead atoms. The van der Waals surface area contributed by atoms with Crippen LogP contribution >= 0.6 is 0 Å². The first kappa shape index (κ1) is 9.28. The number of hydrogen-bond acceptors (Lipinski definition) is 2. The van der Waals surface area contributed by atoms with Crippen molar-refractivity contribution < 1.29 is 17.9 Å². The molecule has 0 saturated heterocycles. The SMILES string of the molecule is NC1(OC(F)(F)F)C=CC=CC1. The molecule has 0 saturated carbocycles. The number of rotatable bonds is 1. The van der Waals surface area contributed by atoms with Gasteiger partial charge in [0.1, 0.15) is 5.72 Å². The molecule has 1 aliphatic rings.